The van der Waals surface area contributed by atoms with Crippen LogP contribution in [0.4, 0.5) is 21.8 Å². The fourth-order valence-corrected chi connectivity index (χ4v) is 1.67. The van der Waals surface area contributed by atoms with E-state index in [2.05, 4.69) is 36.6 Å². The number of rotatable bonds is 3. The number of benzene rings is 1. The normalized spacial score (nSPS) is 10.2. The van der Waals surface area contributed by atoms with E-state index in [0.29, 0.717) is 21.8 Å². The lowest BCUT2D eigenvalue weighted by Crippen LogP contribution is -2.11. The minimum absolute atomic E-state index is 0.244. The molecule has 0 atom stereocenters. The fraction of sp³-hybridized carbons (Fsp3) is 0.0909. The molecule has 18 heavy (non-hydrogen) atoms. The summed E-state index contributed by atoms with van der Waals surface area (Å²) < 4.78 is 13.8. The third-order valence-electron chi connectivity index (χ3n) is 2.29. The van der Waals surface area contributed by atoms with Crippen LogP contribution in [0.25, 0.3) is 0 Å². The van der Waals surface area contributed by atoms with Crippen molar-refractivity contribution in [1.29, 1.82) is 0 Å². The van der Waals surface area contributed by atoms with Gasteiger partial charge in [-0.1, -0.05) is 0 Å². The molecule has 0 bridgehead atoms. The molecule has 4 N–H and O–H groups in total. The second-order valence-electron chi connectivity index (χ2n) is 3.62. The van der Waals surface area contributed by atoms with Gasteiger partial charge in [-0.2, -0.15) is 4.98 Å². The second kappa shape index (κ2) is 5.28. The van der Waals surface area contributed by atoms with Crippen molar-refractivity contribution >= 4 is 33.4 Å². The predicted octanol–water partition coefficient (Wildman–Crippen LogP) is 2.72. The van der Waals surface area contributed by atoms with Crippen molar-refractivity contribution in [1.82, 2.24) is 9.97 Å². The molecule has 0 amide bonds. The lowest BCUT2D eigenvalue weighted by molar-refractivity contribution is 0.619. The largest absolute Gasteiger partial charge is 0.339 e. The maximum atomic E-state index is 13.1. The van der Waals surface area contributed by atoms with Crippen LogP contribution < -0.4 is 16.6 Å². The Hall–Kier alpha value is -1.73. The zero-order chi connectivity index (χ0) is 13.1. The molecule has 0 saturated carbocycles. The van der Waals surface area contributed by atoms with Crippen LogP contribution in [0.2, 0.25) is 0 Å². The van der Waals surface area contributed by atoms with Crippen LogP contribution >= 0.6 is 15.9 Å². The average Bonchev–Trinajstić information content (AvgIpc) is 2.36. The third-order valence-corrected chi connectivity index (χ3v) is 2.87. The smallest absolute Gasteiger partial charge is 0.239 e. The van der Waals surface area contributed by atoms with E-state index in [1.165, 1.54) is 6.07 Å². The van der Waals surface area contributed by atoms with Crippen LogP contribution in [0.3, 0.4) is 0 Å². The van der Waals surface area contributed by atoms with Crippen molar-refractivity contribution in [2.24, 2.45) is 5.84 Å². The van der Waals surface area contributed by atoms with E-state index in [9.17, 15) is 4.39 Å². The minimum Gasteiger partial charge on any atom is -0.339 e. The molecule has 0 aliphatic heterocycles. The summed E-state index contributed by atoms with van der Waals surface area (Å²) in [6.07, 6.45) is 1.57. The minimum atomic E-state index is -0.244. The van der Waals surface area contributed by atoms with Crippen LogP contribution in [0.1, 0.15) is 5.56 Å². The number of nitrogens with one attached hydrogen (secondary N) is 2. The van der Waals surface area contributed by atoms with Crippen molar-refractivity contribution < 1.29 is 4.39 Å². The molecule has 0 fully saturated rings. The van der Waals surface area contributed by atoms with Crippen molar-refractivity contribution in [3.63, 3.8) is 0 Å². The number of aryl methyl sites for hydroxylation is 1. The zero-order valence-corrected chi connectivity index (χ0v) is 11.1. The second-order valence-corrected chi connectivity index (χ2v) is 4.48. The molecule has 7 heteroatoms. The first-order chi connectivity index (χ1) is 8.60. The van der Waals surface area contributed by atoms with Gasteiger partial charge >= 0.3 is 0 Å². The molecule has 94 valence electrons. The van der Waals surface area contributed by atoms with Crippen LogP contribution in [0.5, 0.6) is 0 Å². The number of hydrogen-bond acceptors (Lipinski definition) is 5. The average molecular weight is 312 g/mol. The van der Waals surface area contributed by atoms with Gasteiger partial charge in [-0.25, -0.2) is 15.2 Å². The Bertz CT molecular complexity index is 575. The summed E-state index contributed by atoms with van der Waals surface area (Å²) in [5.74, 6) is 5.83. The topological polar surface area (TPSA) is 75.9 Å². The molecule has 0 aliphatic carbocycles. The van der Waals surface area contributed by atoms with Crippen LogP contribution in [-0.2, 0) is 0 Å². The molecule has 1 heterocycles. The fourth-order valence-electron chi connectivity index (χ4n) is 1.38. The Labute approximate surface area is 112 Å². The molecular formula is C11H11BrFN5. The number of nitrogens with zero attached hydrogens (tertiary/aromatic N) is 2. The van der Waals surface area contributed by atoms with Gasteiger partial charge in [-0.05, 0) is 46.6 Å². The van der Waals surface area contributed by atoms with Gasteiger partial charge in [0.15, 0.2) is 0 Å². The molecule has 0 spiro atoms. The molecule has 0 aliphatic rings. The Morgan fingerprint density at radius 2 is 2.17 bits per heavy atom. The number of anilines is 3. The number of aromatic nitrogens is 2. The Kier molecular flexibility index (Phi) is 3.73. The molecule has 5 nitrogen and oxygen atoms in total. The first kappa shape index (κ1) is 12.7. The molecule has 0 saturated heterocycles. The number of hydrogen-bond donors (Lipinski definition) is 3. The molecule has 2 rings (SSSR count). The summed E-state index contributed by atoms with van der Waals surface area (Å²) >= 11 is 3.32. The number of hydrazine groups is 1. The summed E-state index contributed by atoms with van der Waals surface area (Å²) in [6, 6.07) is 4.72. The van der Waals surface area contributed by atoms with Gasteiger partial charge in [0, 0.05) is 11.9 Å². The highest BCUT2D eigenvalue weighted by Gasteiger charge is 2.06. The summed E-state index contributed by atoms with van der Waals surface area (Å²) in [6.45, 7) is 1.70. The Morgan fingerprint density at radius 3 is 2.83 bits per heavy atom. The van der Waals surface area contributed by atoms with E-state index >= 15 is 0 Å². The molecular weight excluding hydrogens is 301 g/mol. The van der Waals surface area contributed by atoms with Crippen molar-refractivity contribution in [2.45, 2.75) is 6.92 Å². The van der Waals surface area contributed by atoms with Gasteiger partial charge < -0.3 is 5.32 Å². The highest BCUT2D eigenvalue weighted by atomic mass is 79.9. The highest BCUT2D eigenvalue weighted by Crippen LogP contribution is 2.24. The van der Waals surface area contributed by atoms with Crippen molar-refractivity contribution in [3.8, 4) is 0 Å². The van der Waals surface area contributed by atoms with Gasteiger partial charge in [0.25, 0.3) is 0 Å². The van der Waals surface area contributed by atoms with E-state index < -0.39 is 0 Å². The van der Waals surface area contributed by atoms with Crippen LogP contribution in [0.15, 0.2) is 28.9 Å². The molecule has 1 aromatic heterocycles. The number of halogens is 2. The van der Waals surface area contributed by atoms with E-state index in [4.69, 9.17) is 5.84 Å². The summed E-state index contributed by atoms with van der Waals surface area (Å²) in [5, 5.41) is 3.05. The quantitative estimate of drug-likeness (QED) is 0.600. The standard InChI is InChI=1S/C11H11BrFN5/c1-6-4-7(2-3-9(6)13)16-10-8(12)5-15-11(17-10)18-14/h2-5H,14H2,1H3,(H2,15,16,17,18). The van der Waals surface area contributed by atoms with Crippen molar-refractivity contribution in [2.75, 3.05) is 10.7 Å². The molecule has 0 unspecified atom stereocenters. The van der Waals surface area contributed by atoms with Gasteiger partial charge in [0.2, 0.25) is 5.95 Å². The monoisotopic (exact) mass is 311 g/mol. The van der Waals surface area contributed by atoms with Gasteiger partial charge in [-0.3, -0.25) is 5.43 Å². The SMILES string of the molecule is Cc1cc(Nc2nc(NN)ncc2Br)ccc1F. The molecule has 1 aromatic carbocycles. The molecule has 2 aromatic rings. The van der Waals surface area contributed by atoms with Gasteiger partial charge in [0.1, 0.15) is 11.6 Å². The highest BCUT2D eigenvalue weighted by molar-refractivity contribution is 9.10. The summed E-state index contributed by atoms with van der Waals surface area (Å²) in [5.41, 5.74) is 3.65. The number of nitrogen functional groups attached to an aromatic ring is 1. The van der Waals surface area contributed by atoms with E-state index in [1.54, 1.807) is 25.3 Å². The predicted molar refractivity (Wildman–Crippen MR) is 72.0 cm³/mol. The third kappa shape index (κ3) is 2.74. The van der Waals surface area contributed by atoms with E-state index in [-0.39, 0.29) is 5.82 Å². The Morgan fingerprint density at radius 1 is 1.39 bits per heavy atom. The number of nitrogens with two attached hydrogens (primary N) is 1. The van der Waals surface area contributed by atoms with Gasteiger partial charge in [0.05, 0.1) is 4.47 Å². The lowest BCUT2D eigenvalue weighted by Gasteiger charge is -2.09. The zero-order valence-electron chi connectivity index (χ0n) is 9.54. The van der Waals surface area contributed by atoms with Gasteiger partial charge in [-0.15, -0.1) is 0 Å². The Balaban J connectivity index is 2.30. The first-order valence-electron chi connectivity index (χ1n) is 5.12. The summed E-state index contributed by atoms with van der Waals surface area (Å²) in [7, 11) is 0. The molecule has 0 radical (unpaired) electrons. The van der Waals surface area contributed by atoms with E-state index in [0.717, 1.165) is 5.69 Å². The van der Waals surface area contributed by atoms with E-state index in [1.807, 2.05) is 0 Å². The van der Waals surface area contributed by atoms with Crippen molar-refractivity contribution in [3.05, 3.63) is 40.2 Å². The lowest BCUT2D eigenvalue weighted by atomic mass is 10.2. The summed E-state index contributed by atoms with van der Waals surface area (Å²) in [4.78, 5) is 8.08. The van der Waals surface area contributed by atoms with Crippen LogP contribution in [0, 0.1) is 12.7 Å². The maximum absolute atomic E-state index is 13.1. The van der Waals surface area contributed by atoms with Crippen LogP contribution in [-0.4, -0.2) is 9.97 Å². The maximum Gasteiger partial charge on any atom is 0.239 e. The first-order valence-corrected chi connectivity index (χ1v) is 5.92.